The van der Waals surface area contributed by atoms with E-state index in [1.165, 1.54) is 20.3 Å². The highest BCUT2D eigenvalue weighted by Crippen LogP contribution is 2.37. The normalized spacial score (nSPS) is 10.8. The van der Waals surface area contributed by atoms with Crippen molar-refractivity contribution in [2.24, 2.45) is 0 Å². The van der Waals surface area contributed by atoms with Crippen LogP contribution in [0.1, 0.15) is 12.5 Å². The minimum Gasteiger partial charge on any atom is -0.495 e. The molecule has 146 valence electrons. The molecule has 0 bridgehead atoms. The molecule has 0 spiro atoms. The molecule has 28 heavy (non-hydrogen) atoms. The highest BCUT2D eigenvalue weighted by atomic mass is 79.9. The Labute approximate surface area is 176 Å². The first kappa shape index (κ1) is 21.6. The Balaban J connectivity index is 2.31. The van der Waals surface area contributed by atoms with Crippen molar-refractivity contribution in [3.8, 4) is 23.3 Å². The average Bonchev–Trinajstić information content (AvgIpc) is 2.66. The second kappa shape index (κ2) is 10.0. The maximum atomic E-state index is 12.5. The minimum absolute atomic E-state index is 0.0774. The average molecular weight is 466 g/mol. The fourth-order valence-electron chi connectivity index (χ4n) is 2.39. The number of hydrogen-bond acceptors (Lipinski definition) is 5. The molecule has 0 saturated heterocycles. The van der Waals surface area contributed by atoms with E-state index in [0.29, 0.717) is 44.6 Å². The number of ether oxygens (including phenoxy) is 3. The van der Waals surface area contributed by atoms with Gasteiger partial charge in [-0.25, -0.2) is 0 Å². The largest absolute Gasteiger partial charge is 0.495 e. The SMILES string of the molecule is CCOc1cc(/C=C(\C#N)C(=O)Nc2ccc(OC)c(Cl)c2)cc(Br)c1OC. The maximum absolute atomic E-state index is 12.5. The molecule has 1 N–H and O–H groups in total. The summed E-state index contributed by atoms with van der Waals surface area (Å²) < 4.78 is 16.6. The lowest BCUT2D eigenvalue weighted by molar-refractivity contribution is -0.112. The molecule has 0 radical (unpaired) electrons. The molecule has 2 rings (SSSR count). The van der Waals surface area contributed by atoms with Crippen molar-refractivity contribution in [3.05, 3.63) is 51.0 Å². The third-order valence-corrected chi connectivity index (χ3v) is 4.51. The molecule has 1 amide bonds. The van der Waals surface area contributed by atoms with Crippen molar-refractivity contribution in [1.29, 1.82) is 5.26 Å². The highest BCUT2D eigenvalue weighted by Gasteiger charge is 2.14. The van der Waals surface area contributed by atoms with E-state index in [-0.39, 0.29) is 5.57 Å². The van der Waals surface area contributed by atoms with Crippen LogP contribution in [-0.2, 0) is 4.79 Å². The van der Waals surface area contributed by atoms with Gasteiger partial charge in [0.15, 0.2) is 11.5 Å². The Morgan fingerprint density at radius 2 is 2.00 bits per heavy atom. The summed E-state index contributed by atoms with van der Waals surface area (Å²) in [5.41, 5.74) is 0.977. The van der Waals surface area contributed by atoms with Gasteiger partial charge >= 0.3 is 0 Å². The lowest BCUT2D eigenvalue weighted by atomic mass is 10.1. The lowest BCUT2D eigenvalue weighted by Gasteiger charge is -2.12. The van der Waals surface area contributed by atoms with Crippen LogP contribution in [0.15, 0.2) is 40.4 Å². The summed E-state index contributed by atoms with van der Waals surface area (Å²) >= 11 is 9.47. The van der Waals surface area contributed by atoms with E-state index in [1.807, 2.05) is 13.0 Å². The van der Waals surface area contributed by atoms with Crippen molar-refractivity contribution in [3.63, 3.8) is 0 Å². The van der Waals surface area contributed by atoms with Crippen molar-refractivity contribution >= 4 is 45.2 Å². The van der Waals surface area contributed by atoms with Gasteiger partial charge in [-0.15, -0.1) is 0 Å². The molecule has 0 unspecified atom stereocenters. The number of amides is 1. The van der Waals surface area contributed by atoms with Crippen LogP contribution >= 0.6 is 27.5 Å². The predicted molar refractivity (Wildman–Crippen MR) is 112 cm³/mol. The molecule has 6 nitrogen and oxygen atoms in total. The summed E-state index contributed by atoms with van der Waals surface area (Å²) in [4.78, 5) is 12.5. The van der Waals surface area contributed by atoms with Crippen LogP contribution in [0.25, 0.3) is 6.08 Å². The van der Waals surface area contributed by atoms with Crippen LogP contribution in [0.2, 0.25) is 5.02 Å². The lowest BCUT2D eigenvalue weighted by Crippen LogP contribution is -2.13. The number of nitrogens with one attached hydrogen (secondary N) is 1. The van der Waals surface area contributed by atoms with Crippen molar-refractivity contribution in [1.82, 2.24) is 0 Å². The van der Waals surface area contributed by atoms with Crippen LogP contribution in [0.4, 0.5) is 5.69 Å². The first-order chi connectivity index (χ1) is 13.4. The van der Waals surface area contributed by atoms with Crippen molar-refractivity contribution < 1.29 is 19.0 Å². The summed E-state index contributed by atoms with van der Waals surface area (Å²) in [5.74, 6) is 0.968. The molecule has 0 aliphatic rings. The zero-order valence-corrected chi connectivity index (χ0v) is 17.8. The van der Waals surface area contributed by atoms with Gasteiger partial charge in [0.1, 0.15) is 17.4 Å². The number of rotatable bonds is 7. The molecule has 2 aromatic carbocycles. The van der Waals surface area contributed by atoms with Gasteiger partial charge in [0.05, 0.1) is 30.3 Å². The summed E-state index contributed by atoms with van der Waals surface area (Å²) in [6.45, 7) is 2.30. The molecule has 0 saturated carbocycles. The Bertz CT molecular complexity index is 954. The van der Waals surface area contributed by atoms with Crippen LogP contribution in [-0.4, -0.2) is 26.7 Å². The summed E-state index contributed by atoms with van der Waals surface area (Å²) in [7, 11) is 3.03. The Hall–Kier alpha value is -2.69. The molecule has 8 heteroatoms. The standard InChI is InChI=1S/C20H18BrClN2O4/c1-4-28-18-9-12(8-15(21)19(18)27-3)7-13(11-23)20(25)24-14-5-6-17(26-2)16(22)10-14/h5-10H,4H2,1-3H3,(H,24,25)/b13-7+. The summed E-state index contributed by atoms with van der Waals surface area (Å²) in [6.07, 6.45) is 1.47. The topological polar surface area (TPSA) is 80.6 Å². The Morgan fingerprint density at radius 3 is 2.57 bits per heavy atom. The first-order valence-electron chi connectivity index (χ1n) is 8.20. The minimum atomic E-state index is -0.561. The van der Waals surface area contributed by atoms with E-state index >= 15 is 0 Å². The molecule has 0 aliphatic heterocycles. The van der Waals surface area contributed by atoms with E-state index in [2.05, 4.69) is 21.2 Å². The number of halogens is 2. The van der Waals surface area contributed by atoms with Crippen LogP contribution in [0, 0.1) is 11.3 Å². The number of nitriles is 1. The van der Waals surface area contributed by atoms with Gasteiger partial charge in [-0.3, -0.25) is 4.79 Å². The number of anilines is 1. The second-order valence-electron chi connectivity index (χ2n) is 5.44. The second-order valence-corrected chi connectivity index (χ2v) is 6.70. The summed E-state index contributed by atoms with van der Waals surface area (Å²) in [5, 5.41) is 12.4. The predicted octanol–water partition coefficient (Wildman–Crippen LogP) is 5.06. The van der Waals surface area contributed by atoms with Crippen LogP contribution in [0.5, 0.6) is 17.2 Å². The van der Waals surface area contributed by atoms with Gasteiger partial charge in [0, 0.05) is 5.69 Å². The molecule has 0 atom stereocenters. The number of benzene rings is 2. The molecule has 0 aliphatic carbocycles. The van der Waals surface area contributed by atoms with Gasteiger partial charge in [-0.1, -0.05) is 11.6 Å². The first-order valence-corrected chi connectivity index (χ1v) is 9.37. The zero-order chi connectivity index (χ0) is 20.7. The fourth-order valence-corrected chi connectivity index (χ4v) is 3.27. The molecule has 0 fully saturated rings. The van der Waals surface area contributed by atoms with Gasteiger partial charge in [0.25, 0.3) is 5.91 Å². The Morgan fingerprint density at radius 1 is 1.25 bits per heavy atom. The van der Waals surface area contributed by atoms with Crippen molar-refractivity contribution in [2.45, 2.75) is 6.92 Å². The van der Waals surface area contributed by atoms with Crippen LogP contribution in [0.3, 0.4) is 0 Å². The van der Waals surface area contributed by atoms with Crippen molar-refractivity contribution in [2.75, 3.05) is 26.1 Å². The van der Waals surface area contributed by atoms with Gasteiger partial charge in [0.2, 0.25) is 0 Å². The van der Waals surface area contributed by atoms with Crippen LogP contribution < -0.4 is 19.5 Å². The third-order valence-electron chi connectivity index (χ3n) is 3.62. The van der Waals surface area contributed by atoms with E-state index in [9.17, 15) is 10.1 Å². The van der Waals surface area contributed by atoms with Gasteiger partial charge in [-0.05, 0) is 64.8 Å². The molecular formula is C20H18BrClN2O4. The highest BCUT2D eigenvalue weighted by molar-refractivity contribution is 9.10. The fraction of sp³-hybridized carbons (Fsp3) is 0.200. The number of carbonyl (C=O) groups is 1. The number of nitrogens with zero attached hydrogens (tertiary/aromatic N) is 1. The van der Waals surface area contributed by atoms with E-state index in [0.717, 1.165) is 0 Å². The third kappa shape index (κ3) is 5.18. The maximum Gasteiger partial charge on any atom is 0.266 e. The van der Waals surface area contributed by atoms with Gasteiger partial charge in [-0.2, -0.15) is 5.26 Å². The van der Waals surface area contributed by atoms with E-state index in [1.54, 1.807) is 30.3 Å². The molecule has 2 aromatic rings. The number of hydrogen-bond donors (Lipinski definition) is 1. The molecule has 0 aromatic heterocycles. The quantitative estimate of drug-likeness (QED) is 0.456. The smallest absolute Gasteiger partial charge is 0.266 e. The number of methoxy groups -OCH3 is 2. The number of carbonyl (C=O) groups excluding carboxylic acids is 1. The monoisotopic (exact) mass is 464 g/mol. The molecule has 0 heterocycles. The Kier molecular flexibility index (Phi) is 7.73. The molecular weight excluding hydrogens is 448 g/mol. The summed E-state index contributed by atoms with van der Waals surface area (Å²) in [6, 6.07) is 10.1. The zero-order valence-electron chi connectivity index (χ0n) is 15.5. The van der Waals surface area contributed by atoms with E-state index in [4.69, 9.17) is 25.8 Å². The van der Waals surface area contributed by atoms with Gasteiger partial charge < -0.3 is 19.5 Å². The van der Waals surface area contributed by atoms with E-state index < -0.39 is 5.91 Å².